The van der Waals surface area contributed by atoms with Crippen LogP contribution in [-0.2, 0) is 9.47 Å². The van der Waals surface area contributed by atoms with Crippen molar-refractivity contribution >= 4 is 27.3 Å². The summed E-state index contributed by atoms with van der Waals surface area (Å²) in [6, 6.07) is 5.87. The second kappa shape index (κ2) is 5.25. The lowest BCUT2D eigenvalue weighted by atomic mass is 10.2. The Morgan fingerprint density at radius 1 is 1.24 bits per heavy atom. The first kappa shape index (κ1) is 12.7. The fourth-order valence-corrected chi connectivity index (χ4v) is 2.53. The van der Waals surface area contributed by atoms with E-state index in [1.807, 2.05) is 18.2 Å². The molecule has 1 aromatic rings. The molecule has 1 aliphatic rings. The predicted molar refractivity (Wildman–Crippen MR) is 72.4 cm³/mol. The van der Waals surface area contributed by atoms with Crippen molar-refractivity contribution in [3.05, 3.63) is 22.7 Å². The Balaban J connectivity index is 2.21. The zero-order valence-electron chi connectivity index (χ0n) is 10.0. The molecule has 94 valence electrons. The minimum Gasteiger partial charge on any atom is -0.397 e. The van der Waals surface area contributed by atoms with Crippen LogP contribution in [0.25, 0.3) is 0 Å². The van der Waals surface area contributed by atoms with Crippen molar-refractivity contribution < 1.29 is 9.47 Å². The van der Waals surface area contributed by atoms with Gasteiger partial charge < -0.3 is 20.1 Å². The molecule has 2 unspecified atom stereocenters. The summed E-state index contributed by atoms with van der Waals surface area (Å²) in [4.78, 5) is 2.20. The first-order chi connectivity index (χ1) is 8.15. The van der Waals surface area contributed by atoms with Crippen molar-refractivity contribution in [2.24, 2.45) is 0 Å². The molecular formula is C12H17BrN2O2. The molecule has 0 aliphatic carbocycles. The van der Waals surface area contributed by atoms with E-state index < -0.39 is 0 Å². The minimum absolute atomic E-state index is 0.0957. The number of halogens is 1. The first-order valence-corrected chi connectivity index (χ1v) is 6.30. The molecule has 1 heterocycles. The summed E-state index contributed by atoms with van der Waals surface area (Å²) < 4.78 is 11.9. The van der Waals surface area contributed by atoms with Crippen LogP contribution >= 0.6 is 15.9 Å². The summed E-state index contributed by atoms with van der Waals surface area (Å²) in [5, 5.41) is 0. The zero-order valence-corrected chi connectivity index (χ0v) is 11.6. The van der Waals surface area contributed by atoms with E-state index in [0.717, 1.165) is 28.9 Å². The van der Waals surface area contributed by atoms with Crippen LogP contribution in [0.3, 0.4) is 0 Å². The maximum atomic E-state index is 6.00. The highest BCUT2D eigenvalue weighted by molar-refractivity contribution is 9.10. The Hall–Kier alpha value is -0.780. The van der Waals surface area contributed by atoms with E-state index >= 15 is 0 Å². The second-order valence-electron chi connectivity index (χ2n) is 4.16. The van der Waals surface area contributed by atoms with Crippen LogP contribution < -0.4 is 10.6 Å². The van der Waals surface area contributed by atoms with Crippen LogP contribution in [-0.4, -0.2) is 39.5 Å². The fraction of sp³-hybridized carbons (Fsp3) is 0.500. The Kier molecular flexibility index (Phi) is 3.91. The monoisotopic (exact) mass is 300 g/mol. The highest BCUT2D eigenvalue weighted by atomic mass is 79.9. The molecule has 2 atom stereocenters. The van der Waals surface area contributed by atoms with Gasteiger partial charge in [0, 0.05) is 31.8 Å². The van der Waals surface area contributed by atoms with E-state index in [-0.39, 0.29) is 12.2 Å². The average Bonchev–Trinajstić information content (AvgIpc) is 2.75. The van der Waals surface area contributed by atoms with Crippen LogP contribution in [0, 0.1) is 0 Å². The number of methoxy groups -OCH3 is 2. The van der Waals surface area contributed by atoms with Gasteiger partial charge in [-0.05, 0) is 18.2 Å². The van der Waals surface area contributed by atoms with E-state index in [1.165, 1.54) is 0 Å². The number of nitrogen functional groups attached to an aromatic ring is 1. The average molecular weight is 301 g/mol. The first-order valence-electron chi connectivity index (χ1n) is 5.51. The van der Waals surface area contributed by atoms with Crippen molar-refractivity contribution in [3.8, 4) is 0 Å². The lowest BCUT2D eigenvalue weighted by Crippen LogP contribution is -2.27. The molecule has 2 N–H and O–H groups in total. The second-order valence-corrected chi connectivity index (χ2v) is 5.07. The van der Waals surface area contributed by atoms with Gasteiger partial charge in [0.05, 0.1) is 11.4 Å². The number of hydrogen-bond acceptors (Lipinski definition) is 4. The fourth-order valence-electron chi connectivity index (χ4n) is 2.18. The summed E-state index contributed by atoms with van der Waals surface area (Å²) in [6.07, 6.45) is 0.191. The quantitative estimate of drug-likeness (QED) is 0.866. The van der Waals surface area contributed by atoms with E-state index in [1.54, 1.807) is 14.2 Å². The van der Waals surface area contributed by atoms with E-state index in [4.69, 9.17) is 15.2 Å². The highest BCUT2D eigenvalue weighted by Crippen LogP contribution is 2.31. The summed E-state index contributed by atoms with van der Waals surface area (Å²) in [6.45, 7) is 1.60. The lowest BCUT2D eigenvalue weighted by molar-refractivity contribution is -0.00461. The van der Waals surface area contributed by atoms with Gasteiger partial charge in [0.15, 0.2) is 0 Å². The number of rotatable bonds is 3. The van der Waals surface area contributed by atoms with Crippen LogP contribution in [0.15, 0.2) is 22.7 Å². The smallest absolute Gasteiger partial charge is 0.102 e. The third-order valence-electron chi connectivity index (χ3n) is 3.15. The van der Waals surface area contributed by atoms with Gasteiger partial charge in [-0.1, -0.05) is 15.9 Å². The van der Waals surface area contributed by atoms with Gasteiger partial charge in [0.2, 0.25) is 0 Å². The Bertz CT molecular complexity index is 388. The van der Waals surface area contributed by atoms with Gasteiger partial charge in [-0.15, -0.1) is 0 Å². The minimum atomic E-state index is 0.0957. The molecule has 0 radical (unpaired) electrons. The molecule has 17 heavy (non-hydrogen) atoms. The Morgan fingerprint density at radius 2 is 1.82 bits per heavy atom. The molecule has 1 saturated heterocycles. The molecule has 0 spiro atoms. The molecule has 0 bridgehead atoms. The number of ether oxygens (including phenoxy) is 2. The van der Waals surface area contributed by atoms with Gasteiger partial charge in [0.25, 0.3) is 0 Å². The number of hydrogen-bond donors (Lipinski definition) is 1. The maximum Gasteiger partial charge on any atom is 0.102 e. The number of nitrogens with zero attached hydrogens (tertiary/aromatic N) is 1. The molecule has 0 saturated carbocycles. The molecule has 5 heteroatoms. The van der Waals surface area contributed by atoms with Gasteiger partial charge in [0.1, 0.15) is 12.2 Å². The van der Waals surface area contributed by atoms with E-state index in [2.05, 4.69) is 20.8 Å². The summed E-state index contributed by atoms with van der Waals surface area (Å²) in [7, 11) is 3.43. The molecule has 1 fully saturated rings. The van der Waals surface area contributed by atoms with Gasteiger partial charge >= 0.3 is 0 Å². The molecule has 0 aromatic heterocycles. The van der Waals surface area contributed by atoms with Crippen molar-refractivity contribution in [2.75, 3.05) is 37.9 Å². The van der Waals surface area contributed by atoms with Gasteiger partial charge in [-0.2, -0.15) is 0 Å². The predicted octanol–water partition coefficient (Wildman–Crippen LogP) is 1.88. The molecule has 0 amide bonds. The van der Waals surface area contributed by atoms with Crippen molar-refractivity contribution in [3.63, 3.8) is 0 Å². The van der Waals surface area contributed by atoms with Crippen molar-refractivity contribution in [2.45, 2.75) is 12.2 Å². The number of nitrogens with two attached hydrogens (primary N) is 1. The van der Waals surface area contributed by atoms with Crippen LogP contribution in [0.2, 0.25) is 0 Å². The van der Waals surface area contributed by atoms with Gasteiger partial charge in [-0.25, -0.2) is 0 Å². The normalized spacial score (nSPS) is 24.3. The molecular weight excluding hydrogens is 284 g/mol. The van der Waals surface area contributed by atoms with Gasteiger partial charge in [-0.3, -0.25) is 0 Å². The van der Waals surface area contributed by atoms with Crippen LogP contribution in [0.5, 0.6) is 0 Å². The summed E-state index contributed by atoms with van der Waals surface area (Å²) in [5.74, 6) is 0. The van der Waals surface area contributed by atoms with Crippen molar-refractivity contribution in [1.82, 2.24) is 0 Å². The number of anilines is 2. The van der Waals surface area contributed by atoms with Crippen LogP contribution in [0.1, 0.15) is 0 Å². The topological polar surface area (TPSA) is 47.7 Å². The number of benzene rings is 1. The zero-order chi connectivity index (χ0) is 12.4. The van der Waals surface area contributed by atoms with Crippen LogP contribution in [0.4, 0.5) is 11.4 Å². The SMILES string of the molecule is COC1CN(c2cc(Br)ccc2N)CC1OC. The summed E-state index contributed by atoms with van der Waals surface area (Å²) in [5.41, 5.74) is 7.81. The molecule has 4 nitrogen and oxygen atoms in total. The Morgan fingerprint density at radius 3 is 2.35 bits per heavy atom. The largest absolute Gasteiger partial charge is 0.397 e. The van der Waals surface area contributed by atoms with Crippen molar-refractivity contribution in [1.29, 1.82) is 0 Å². The standard InChI is InChI=1S/C12H17BrN2O2/c1-16-11-6-15(7-12(11)17-2)10-5-8(13)3-4-9(10)14/h3-5,11-12H,6-7,14H2,1-2H3. The third kappa shape index (κ3) is 2.56. The molecule has 1 aromatic carbocycles. The summed E-state index contributed by atoms with van der Waals surface area (Å²) >= 11 is 3.46. The van der Waals surface area contributed by atoms with E-state index in [0.29, 0.717) is 0 Å². The lowest BCUT2D eigenvalue weighted by Gasteiger charge is -2.20. The third-order valence-corrected chi connectivity index (χ3v) is 3.65. The highest BCUT2D eigenvalue weighted by Gasteiger charge is 2.33. The maximum absolute atomic E-state index is 6.00. The molecule has 2 rings (SSSR count). The van der Waals surface area contributed by atoms with E-state index in [9.17, 15) is 0 Å². The Labute approximate surface area is 110 Å². The molecule has 1 aliphatic heterocycles.